The number of nitrogens with zero attached hydrogens (tertiary/aromatic N) is 3. The Balaban J connectivity index is 1.41. The molecule has 1 aliphatic carbocycles. The van der Waals surface area contributed by atoms with Gasteiger partial charge in [-0.05, 0) is 42.5 Å². The van der Waals surface area contributed by atoms with Crippen LogP contribution in [0.4, 0.5) is 4.79 Å². The van der Waals surface area contributed by atoms with E-state index in [1.165, 1.54) is 9.87 Å². The molecule has 8 heteroatoms. The smallest absolute Gasteiger partial charge is 0.320 e. The third-order valence-corrected chi connectivity index (χ3v) is 7.39. The van der Waals surface area contributed by atoms with Crippen molar-refractivity contribution in [2.24, 2.45) is 0 Å². The minimum absolute atomic E-state index is 0.0112. The summed E-state index contributed by atoms with van der Waals surface area (Å²) in [5.41, 5.74) is 2.43. The van der Waals surface area contributed by atoms with E-state index in [1.807, 2.05) is 12.1 Å². The minimum Gasteiger partial charge on any atom is -0.378 e. The standard InChI is InChI=1S/C18H25N3O4S/c22-18(20-10-12-25-13-11-20)19-6-8-21(9-7-19)26(23,24)17-5-4-15-2-1-3-16(15)14-17/h4-5,14H,1-3,6-13H2. The number of sulfonamides is 1. The SMILES string of the molecule is O=C(N1CCOCC1)N1CCN(S(=O)(=O)c2ccc3c(c2)CCC3)CC1. The first kappa shape index (κ1) is 17.8. The van der Waals surface area contributed by atoms with Gasteiger partial charge in [0.15, 0.2) is 0 Å². The quantitative estimate of drug-likeness (QED) is 0.767. The summed E-state index contributed by atoms with van der Waals surface area (Å²) in [5, 5.41) is 0. The second kappa shape index (κ2) is 7.17. The Bertz CT molecular complexity index is 782. The number of urea groups is 1. The Hall–Kier alpha value is -1.64. The van der Waals surface area contributed by atoms with Crippen LogP contribution in [0.2, 0.25) is 0 Å². The number of hydrogen-bond acceptors (Lipinski definition) is 4. The maximum atomic E-state index is 13.0. The molecule has 0 radical (unpaired) electrons. The fourth-order valence-electron chi connectivity index (χ4n) is 3.93. The number of carbonyl (C=O) groups excluding carboxylic acids is 1. The van der Waals surface area contributed by atoms with E-state index < -0.39 is 10.0 Å². The van der Waals surface area contributed by atoms with Gasteiger partial charge in [0.05, 0.1) is 18.1 Å². The van der Waals surface area contributed by atoms with Crippen LogP contribution in [0.25, 0.3) is 0 Å². The molecule has 0 spiro atoms. The van der Waals surface area contributed by atoms with Crippen LogP contribution in [0.15, 0.2) is 23.1 Å². The summed E-state index contributed by atoms with van der Waals surface area (Å²) in [5.74, 6) is 0. The molecule has 2 heterocycles. The van der Waals surface area contributed by atoms with Crippen LogP contribution in [-0.4, -0.2) is 81.0 Å². The molecule has 1 aromatic rings. The molecule has 0 bridgehead atoms. The van der Waals surface area contributed by atoms with E-state index >= 15 is 0 Å². The Morgan fingerprint density at radius 3 is 2.27 bits per heavy atom. The number of ether oxygens (including phenoxy) is 1. The Kier molecular flexibility index (Phi) is 4.90. The van der Waals surface area contributed by atoms with Crippen molar-refractivity contribution in [3.63, 3.8) is 0 Å². The van der Waals surface area contributed by atoms with E-state index in [0.717, 1.165) is 24.8 Å². The third kappa shape index (κ3) is 3.33. The Labute approximate surface area is 154 Å². The molecule has 0 N–H and O–H groups in total. The van der Waals surface area contributed by atoms with Crippen LogP contribution in [0.5, 0.6) is 0 Å². The predicted octanol–water partition coefficient (Wildman–Crippen LogP) is 0.934. The van der Waals surface area contributed by atoms with E-state index in [1.54, 1.807) is 15.9 Å². The molecule has 7 nitrogen and oxygen atoms in total. The number of carbonyl (C=O) groups is 1. The lowest BCUT2D eigenvalue weighted by Crippen LogP contribution is -2.55. The highest BCUT2D eigenvalue weighted by Gasteiger charge is 2.32. The first-order valence-electron chi connectivity index (χ1n) is 9.29. The van der Waals surface area contributed by atoms with E-state index in [0.29, 0.717) is 57.4 Å². The van der Waals surface area contributed by atoms with Crippen LogP contribution in [0, 0.1) is 0 Å². The largest absolute Gasteiger partial charge is 0.378 e. The van der Waals surface area contributed by atoms with E-state index in [2.05, 4.69) is 0 Å². The van der Waals surface area contributed by atoms with E-state index in [4.69, 9.17) is 4.74 Å². The fraction of sp³-hybridized carbons (Fsp3) is 0.611. The number of amides is 2. The summed E-state index contributed by atoms with van der Waals surface area (Å²) in [6.07, 6.45) is 3.10. The molecule has 26 heavy (non-hydrogen) atoms. The van der Waals surface area contributed by atoms with Gasteiger partial charge in [-0.3, -0.25) is 0 Å². The van der Waals surface area contributed by atoms with Gasteiger partial charge in [0.2, 0.25) is 10.0 Å². The lowest BCUT2D eigenvalue weighted by atomic mass is 10.1. The van der Waals surface area contributed by atoms with E-state index in [9.17, 15) is 13.2 Å². The number of fused-ring (bicyclic) bond motifs is 1. The predicted molar refractivity (Wildman–Crippen MR) is 96.6 cm³/mol. The molecule has 142 valence electrons. The number of morpholine rings is 1. The van der Waals surface area contributed by atoms with Crippen molar-refractivity contribution in [2.45, 2.75) is 24.2 Å². The molecule has 0 saturated carbocycles. The highest BCUT2D eigenvalue weighted by atomic mass is 32.2. The van der Waals surface area contributed by atoms with Crippen molar-refractivity contribution < 1.29 is 17.9 Å². The lowest BCUT2D eigenvalue weighted by Gasteiger charge is -2.38. The molecule has 2 fully saturated rings. The second-order valence-corrected chi connectivity index (χ2v) is 9.00. The van der Waals surface area contributed by atoms with E-state index in [-0.39, 0.29) is 6.03 Å². The summed E-state index contributed by atoms with van der Waals surface area (Å²) in [6, 6.07) is 5.50. The summed E-state index contributed by atoms with van der Waals surface area (Å²) in [7, 11) is -3.50. The first-order valence-corrected chi connectivity index (χ1v) is 10.7. The van der Waals surface area contributed by atoms with Crippen LogP contribution in [0.3, 0.4) is 0 Å². The number of piperazine rings is 1. The average Bonchev–Trinajstić information content (AvgIpc) is 3.16. The molecular weight excluding hydrogens is 354 g/mol. The number of benzene rings is 1. The van der Waals surface area contributed by atoms with Crippen molar-refractivity contribution >= 4 is 16.1 Å². The molecule has 1 aromatic carbocycles. The van der Waals surface area contributed by atoms with Crippen LogP contribution in [0.1, 0.15) is 17.5 Å². The summed E-state index contributed by atoms with van der Waals surface area (Å²) in [6.45, 7) is 3.89. The van der Waals surface area contributed by atoms with Crippen molar-refractivity contribution in [1.29, 1.82) is 0 Å². The van der Waals surface area contributed by atoms with Gasteiger partial charge < -0.3 is 14.5 Å². The molecule has 2 saturated heterocycles. The second-order valence-electron chi connectivity index (χ2n) is 7.06. The van der Waals surface area contributed by atoms with Gasteiger partial charge >= 0.3 is 6.03 Å². The Morgan fingerprint density at radius 1 is 0.885 bits per heavy atom. The molecule has 0 aromatic heterocycles. The van der Waals surface area contributed by atoms with Gasteiger partial charge in [0.25, 0.3) is 0 Å². The number of aryl methyl sites for hydroxylation is 2. The monoisotopic (exact) mass is 379 g/mol. The maximum absolute atomic E-state index is 13.0. The normalized spacial score (nSPS) is 21.7. The molecule has 0 unspecified atom stereocenters. The van der Waals surface area contributed by atoms with Crippen molar-refractivity contribution in [3.8, 4) is 0 Å². The average molecular weight is 379 g/mol. The summed E-state index contributed by atoms with van der Waals surface area (Å²) >= 11 is 0. The van der Waals surface area contributed by atoms with Gasteiger partial charge in [0.1, 0.15) is 0 Å². The first-order chi connectivity index (χ1) is 12.6. The van der Waals surface area contributed by atoms with Gasteiger partial charge in [-0.1, -0.05) is 6.07 Å². The zero-order valence-corrected chi connectivity index (χ0v) is 15.7. The highest BCUT2D eigenvalue weighted by Crippen LogP contribution is 2.26. The van der Waals surface area contributed by atoms with Gasteiger partial charge in [0, 0.05) is 39.3 Å². The molecule has 3 aliphatic rings. The fourth-order valence-corrected chi connectivity index (χ4v) is 5.41. The Morgan fingerprint density at radius 2 is 1.54 bits per heavy atom. The third-order valence-electron chi connectivity index (χ3n) is 5.50. The molecule has 0 atom stereocenters. The minimum atomic E-state index is -3.50. The summed E-state index contributed by atoms with van der Waals surface area (Å²) in [4.78, 5) is 16.5. The van der Waals surface area contributed by atoms with Gasteiger partial charge in [-0.25, -0.2) is 13.2 Å². The molecule has 2 amide bonds. The van der Waals surface area contributed by atoms with Crippen molar-refractivity contribution in [2.75, 3.05) is 52.5 Å². The lowest BCUT2D eigenvalue weighted by molar-refractivity contribution is 0.0405. The molecule has 2 aliphatic heterocycles. The molecule has 4 rings (SSSR count). The molecular formula is C18H25N3O4S. The van der Waals surface area contributed by atoms with Crippen molar-refractivity contribution in [1.82, 2.24) is 14.1 Å². The van der Waals surface area contributed by atoms with Crippen LogP contribution in [-0.2, 0) is 27.6 Å². The number of rotatable bonds is 2. The van der Waals surface area contributed by atoms with Gasteiger partial charge in [-0.2, -0.15) is 4.31 Å². The maximum Gasteiger partial charge on any atom is 0.320 e. The highest BCUT2D eigenvalue weighted by molar-refractivity contribution is 7.89. The van der Waals surface area contributed by atoms with Crippen molar-refractivity contribution in [3.05, 3.63) is 29.3 Å². The topological polar surface area (TPSA) is 70.2 Å². The number of hydrogen-bond donors (Lipinski definition) is 0. The zero-order chi connectivity index (χ0) is 18.1. The summed E-state index contributed by atoms with van der Waals surface area (Å²) < 4.78 is 32.7. The zero-order valence-electron chi connectivity index (χ0n) is 14.9. The van der Waals surface area contributed by atoms with Gasteiger partial charge in [-0.15, -0.1) is 0 Å². The van der Waals surface area contributed by atoms with Crippen LogP contribution >= 0.6 is 0 Å². The van der Waals surface area contributed by atoms with Crippen LogP contribution < -0.4 is 0 Å².